The van der Waals surface area contributed by atoms with Gasteiger partial charge in [-0.05, 0) is 42.8 Å². The second-order valence-corrected chi connectivity index (χ2v) is 8.31. The summed E-state index contributed by atoms with van der Waals surface area (Å²) in [5, 5.41) is 3.98. The summed E-state index contributed by atoms with van der Waals surface area (Å²) in [5.74, 6) is -1.24. The number of nitrogens with zero attached hydrogens (tertiary/aromatic N) is 2. The molecule has 0 spiro atoms. The summed E-state index contributed by atoms with van der Waals surface area (Å²) in [6.07, 6.45) is 0.946. The molecule has 0 saturated heterocycles. The van der Waals surface area contributed by atoms with E-state index in [-0.39, 0.29) is 5.69 Å². The molecule has 0 fully saturated rings. The van der Waals surface area contributed by atoms with Gasteiger partial charge in [0.1, 0.15) is 12.4 Å². The number of hydrogen-bond donors (Lipinski definition) is 1. The summed E-state index contributed by atoms with van der Waals surface area (Å²) < 4.78 is 39.0. The number of hydrogen-bond acceptors (Lipinski definition) is 4. The molecule has 1 N–H and O–H groups in total. The summed E-state index contributed by atoms with van der Waals surface area (Å²) in [5.41, 5.74) is 3.75. The lowest BCUT2D eigenvalue weighted by molar-refractivity contribution is -0.119. The van der Waals surface area contributed by atoms with Gasteiger partial charge in [-0.2, -0.15) is 5.10 Å². The normalized spacial score (nSPS) is 11.9. The van der Waals surface area contributed by atoms with Crippen LogP contribution in [0, 0.1) is 5.82 Å². The Balaban J connectivity index is 2.12. The van der Waals surface area contributed by atoms with Crippen molar-refractivity contribution < 1.29 is 17.6 Å². The summed E-state index contributed by atoms with van der Waals surface area (Å²) in [7, 11) is -3.77. The quantitative estimate of drug-likeness (QED) is 0.552. The number of benzene rings is 2. The van der Waals surface area contributed by atoms with Gasteiger partial charge in [-0.3, -0.25) is 9.10 Å². The molecule has 0 aliphatic rings. The lowest BCUT2D eigenvalue weighted by Crippen LogP contribution is -2.39. The summed E-state index contributed by atoms with van der Waals surface area (Å²) in [6.45, 7) is 1.20. The van der Waals surface area contributed by atoms with Crippen molar-refractivity contribution in [3.8, 4) is 0 Å². The predicted octanol–water partition coefficient (Wildman–Crippen LogP) is 2.89. The van der Waals surface area contributed by atoms with Crippen LogP contribution in [0.1, 0.15) is 12.5 Å². The van der Waals surface area contributed by atoms with Crippen molar-refractivity contribution in [2.24, 2.45) is 5.10 Å². The molecule has 6 nitrogen and oxygen atoms in total. The largest absolute Gasteiger partial charge is 0.271 e. The van der Waals surface area contributed by atoms with E-state index in [0.29, 0.717) is 5.71 Å². The molecule has 0 atom stereocenters. The van der Waals surface area contributed by atoms with Crippen molar-refractivity contribution in [3.63, 3.8) is 0 Å². The Kier molecular flexibility index (Phi) is 6.49. The molecule has 2 rings (SSSR count). The molecule has 0 aliphatic heterocycles. The smallest absolute Gasteiger partial charge is 0.260 e. The minimum atomic E-state index is -3.77. The van der Waals surface area contributed by atoms with E-state index < -0.39 is 28.3 Å². The van der Waals surface area contributed by atoms with E-state index in [2.05, 4.69) is 26.5 Å². The van der Waals surface area contributed by atoms with Gasteiger partial charge in [0.2, 0.25) is 10.0 Å². The first-order valence-corrected chi connectivity index (χ1v) is 10.1. The molecule has 0 unspecified atom stereocenters. The third-order valence-corrected chi connectivity index (χ3v) is 5.06. The van der Waals surface area contributed by atoms with Crippen molar-refractivity contribution in [1.29, 1.82) is 0 Å². The molecule has 138 valence electrons. The zero-order valence-corrected chi connectivity index (χ0v) is 16.5. The third-order valence-electron chi connectivity index (χ3n) is 3.39. The van der Waals surface area contributed by atoms with Crippen molar-refractivity contribution in [1.82, 2.24) is 5.43 Å². The number of nitrogens with one attached hydrogen (secondary N) is 1. The number of carbonyl (C=O) groups is 1. The van der Waals surface area contributed by atoms with E-state index in [1.54, 1.807) is 6.92 Å². The SMILES string of the molecule is C/C(=N/NC(=O)CN(c1cccc(F)c1)S(C)(=O)=O)c1ccc(Br)cc1. The number of halogens is 2. The maximum atomic E-state index is 13.4. The van der Waals surface area contributed by atoms with Gasteiger partial charge in [0.15, 0.2) is 0 Å². The van der Waals surface area contributed by atoms with Crippen LogP contribution in [0.25, 0.3) is 0 Å². The highest BCUT2D eigenvalue weighted by Gasteiger charge is 2.21. The zero-order chi connectivity index (χ0) is 19.3. The number of hydrazone groups is 1. The monoisotopic (exact) mass is 441 g/mol. The average molecular weight is 442 g/mol. The summed E-state index contributed by atoms with van der Waals surface area (Å²) in [4.78, 5) is 12.1. The second-order valence-electron chi connectivity index (χ2n) is 5.49. The second kappa shape index (κ2) is 8.41. The van der Waals surface area contributed by atoms with E-state index in [0.717, 1.165) is 26.7 Å². The number of rotatable bonds is 6. The highest BCUT2D eigenvalue weighted by atomic mass is 79.9. The van der Waals surface area contributed by atoms with Gasteiger partial charge in [0, 0.05) is 4.47 Å². The molecule has 0 heterocycles. The average Bonchev–Trinajstić information content (AvgIpc) is 2.57. The molecule has 26 heavy (non-hydrogen) atoms. The Morgan fingerprint density at radius 1 is 1.23 bits per heavy atom. The maximum Gasteiger partial charge on any atom is 0.260 e. The van der Waals surface area contributed by atoms with Crippen LogP contribution >= 0.6 is 15.9 Å². The summed E-state index contributed by atoms with van der Waals surface area (Å²) >= 11 is 3.33. The minimum Gasteiger partial charge on any atom is -0.271 e. The Morgan fingerprint density at radius 3 is 2.46 bits per heavy atom. The third kappa shape index (κ3) is 5.63. The summed E-state index contributed by atoms with van der Waals surface area (Å²) in [6, 6.07) is 12.3. The van der Waals surface area contributed by atoms with Crippen molar-refractivity contribution >= 4 is 43.3 Å². The van der Waals surface area contributed by atoms with Crippen LogP contribution < -0.4 is 9.73 Å². The fraction of sp³-hybridized carbons (Fsp3) is 0.176. The highest BCUT2D eigenvalue weighted by Crippen LogP contribution is 2.18. The van der Waals surface area contributed by atoms with E-state index in [1.165, 1.54) is 18.2 Å². The number of amides is 1. The highest BCUT2D eigenvalue weighted by molar-refractivity contribution is 9.10. The van der Waals surface area contributed by atoms with Crippen LogP contribution in [0.5, 0.6) is 0 Å². The van der Waals surface area contributed by atoms with E-state index in [4.69, 9.17) is 0 Å². The Bertz CT molecular complexity index is 931. The van der Waals surface area contributed by atoms with Crippen LogP contribution in [0.2, 0.25) is 0 Å². The molecule has 2 aromatic rings. The lowest BCUT2D eigenvalue weighted by Gasteiger charge is -2.21. The standard InChI is InChI=1S/C17H17BrFN3O3S/c1-12(13-6-8-14(18)9-7-13)20-21-17(23)11-22(26(2,24)25)16-5-3-4-15(19)10-16/h3-10H,11H2,1-2H3,(H,21,23)/b20-12-. The molecule has 0 saturated carbocycles. The van der Waals surface area contributed by atoms with Gasteiger partial charge in [-0.15, -0.1) is 0 Å². The van der Waals surface area contributed by atoms with E-state index in [1.807, 2.05) is 24.3 Å². The van der Waals surface area contributed by atoms with Crippen LogP contribution in [0.15, 0.2) is 58.1 Å². The van der Waals surface area contributed by atoms with Crippen LogP contribution in [0.4, 0.5) is 10.1 Å². The van der Waals surface area contributed by atoms with Gasteiger partial charge < -0.3 is 0 Å². The fourth-order valence-electron chi connectivity index (χ4n) is 2.10. The first-order chi connectivity index (χ1) is 12.2. The fourth-order valence-corrected chi connectivity index (χ4v) is 3.21. The topological polar surface area (TPSA) is 78.8 Å². The lowest BCUT2D eigenvalue weighted by atomic mass is 10.1. The first-order valence-electron chi connectivity index (χ1n) is 7.49. The maximum absolute atomic E-state index is 13.4. The van der Waals surface area contributed by atoms with Crippen LogP contribution in [-0.4, -0.2) is 32.8 Å². The van der Waals surface area contributed by atoms with E-state index in [9.17, 15) is 17.6 Å². The van der Waals surface area contributed by atoms with Crippen LogP contribution in [-0.2, 0) is 14.8 Å². The molecule has 0 aliphatic carbocycles. The Hall–Kier alpha value is -2.26. The molecule has 1 amide bonds. The van der Waals surface area contributed by atoms with Crippen molar-refractivity contribution in [3.05, 3.63) is 64.4 Å². The Labute approximate surface area is 159 Å². The molecular weight excluding hydrogens is 425 g/mol. The molecule has 0 bridgehead atoms. The zero-order valence-electron chi connectivity index (χ0n) is 14.1. The van der Waals surface area contributed by atoms with Gasteiger partial charge >= 0.3 is 0 Å². The molecular formula is C17H17BrFN3O3S. The number of carbonyl (C=O) groups excluding carboxylic acids is 1. The molecule has 0 radical (unpaired) electrons. The number of sulfonamides is 1. The van der Waals surface area contributed by atoms with E-state index >= 15 is 0 Å². The van der Waals surface area contributed by atoms with Gasteiger partial charge in [-0.1, -0.05) is 34.1 Å². The van der Waals surface area contributed by atoms with Gasteiger partial charge in [-0.25, -0.2) is 18.2 Å². The number of anilines is 1. The molecule has 9 heteroatoms. The first kappa shape index (κ1) is 20.1. The van der Waals surface area contributed by atoms with Crippen molar-refractivity contribution in [2.45, 2.75) is 6.92 Å². The minimum absolute atomic E-state index is 0.0660. The predicted molar refractivity (Wildman–Crippen MR) is 103 cm³/mol. The van der Waals surface area contributed by atoms with Gasteiger partial charge in [0.05, 0.1) is 17.7 Å². The Morgan fingerprint density at radius 2 is 1.88 bits per heavy atom. The molecule has 0 aromatic heterocycles. The van der Waals surface area contributed by atoms with Gasteiger partial charge in [0.25, 0.3) is 5.91 Å². The molecule has 2 aromatic carbocycles. The van der Waals surface area contributed by atoms with Crippen LogP contribution in [0.3, 0.4) is 0 Å². The van der Waals surface area contributed by atoms with Crippen molar-refractivity contribution in [2.75, 3.05) is 17.1 Å².